The van der Waals surface area contributed by atoms with Gasteiger partial charge in [-0.3, -0.25) is 4.90 Å². The van der Waals surface area contributed by atoms with Gasteiger partial charge in [0.15, 0.2) is 0 Å². The van der Waals surface area contributed by atoms with Gasteiger partial charge >= 0.3 is 5.97 Å². The van der Waals surface area contributed by atoms with Crippen molar-refractivity contribution in [2.45, 2.75) is 71.9 Å². The fourth-order valence-corrected chi connectivity index (χ4v) is 3.30. The molecule has 3 heteroatoms. The van der Waals surface area contributed by atoms with E-state index in [1.165, 1.54) is 5.56 Å². The maximum Gasteiger partial charge on any atom is 0.338 e. The number of carbonyl (C=O) groups excluding carboxylic acids is 1. The zero-order valence-electron chi connectivity index (χ0n) is 19.4. The first-order valence-electron chi connectivity index (χ1n) is 10.5. The van der Waals surface area contributed by atoms with Crippen molar-refractivity contribution < 1.29 is 9.53 Å². The fourth-order valence-electron chi connectivity index (χ4n) is 3.30. The highest BCUT2D eigenvalue weighted by Gasteiger charge is 2.23. The van der Waals surface area contributed by atoms with E-state index in [9.17, 15) is 4.79 Å². The van der Waals surface area contributed by atoms with Gasteiger partial charge < -0.3 is 4.74 Å². The Morgan fingerprint density at radius 1 is 0.931 bits per heavy atom. The summed E-state index contributed by atoms with van der Waals surface area (Å²) in [6, 6.07) is 16.5. The Bertz CT molecular complexity index is 781. The molecular formula is C26H37NO2. The van der Waals surface area contributed by atoms with E-state index in [1.54, 1.807) is 0 Å². The molecule has 2 aromatic carbocycles. The minimum absolute atomic E-state index is 0.0300. The summed E-state index contributed by atoms with van der Waals surface area (Å²) in [5.74, 6) is -0.248. The highest BCUT2D eigenvalue weighted by atomic mass is 16.5. The molecule has 3 nitrogen and oxygen atoms in total. The van der Waals surface area contributed by atoms with Crippen molar-refractivity contribution in [3.05, 3.63) is 70.8 Å². The molecule has 0 spiro atoms. The molecule has 0 fully saturated rings. The monoisotopic (exact) mass is 395 g/mol. The Morgan fingerprint density at radius 3 is 1.93 bits per heavy atom. The lowest BCUT2D eigenvalue weighted by Crippen LogP contribution is -2.30. The second-order valence-corrected chi connectivity index (χ2v) is 10.2. The number of ether oxygens (including phenoxy) is 1. The molecule has 0 heterocycles. The van der Waals surface area contributed by atoms with Crippen LogP contribution in [0.15, 0.2) is 48.5 Å². The van der Waals surface area contributed by atoms with E-state index in [0.717, 1.165) is 17.7 Å². The highest BCUT2D eigenvalue weighted by Crippen LogP contribution is 2.30. The van der Waals surface area contributed by atoms with Crippen LogP contribution in [0.5, 0.6) is 0 Å². The Labute approximate surface area is 177 Å². The predicted molar refractivity (Wildman–Crippen MR) is 121 cm³/mol. The van der Waals surface area contributed by atoms with Crippen LogP contribution in [0.25, 0.3) is 0 Å². The standard InChI is InChI=1S/C26H37NO2/c1-19(17-27(8)18-20-12-10-9-11-13-20)29-24(28)21-14-22(25(2,3)4)16-23(15-21)26(5,6)7/h9-16,19H,17-18H2,1-8H3/t19-/m0/s1. The summed E-state index contributed by atoms with van der Waals surface area (Å²) < 4.78 is 5.80. The van der Waals surface area contributed by atoms with E-state index < -0.39 is 0 Å². The van der Waals surface area contributed by atoms with Gasteiger partial charge in [0.1, 0.15) is 6.10 Å². The number of esters is 1. The summed E-state index contributed by atoms with van der Waals surface area (Å²) in [5.41, 5.74) is 4.15. The molecule has 0 amide bonds. The van der Waals surface area contributed by atoms with E-state index in [1.807, 2.05) is 37.3 Å². The molecule has 2 rings (SSSR count). The number of rotatable bonds is 6. The number of likely N-dealkylation sites (N-methyl/N-ethyl adjacent to an activating group) is 1. The van der Waals surface area contributed by atoms with Gasteiger partial charge in [-0.05, 0) is 53.6 Å². The number of hydrogen-bond acceptors (Lipinski definition) is 3. The summed E-state index contributed by atoms with van der Waals surface area (Å²) in [6.07, 6.45) is -0.187. The van der Waals surface area contributed by atoms with Gasteiger partial charge in [0, 0.05) is 13.1 Å². The topological polar surface area (TPSA) is 29.5 Å². The maximum atomic E-state index is 12.9. The van der Waals surface area contributed by atoms with Crippen LogP contribution in [0.4, 0.5) is 0 Å². The Morgan fingerprint density at radius 2 is 1.45 bits per heavy atom. The SMILES string of the molecule is C[C@@H](CN(C)Cc1ccccc1)OC(=O)c1cc(C(C)(C)C)cc(C(C)(C)C)c1. The number of benzene rings is 2. The van der Waals surface area contributed by atoms with Crippen molar-refractivity contribution in [1.29, 1.82) is 0 Å². The van der Waals surface area contributed by atoms with Crippen molar-refractivity contribution in [2.24, 2.45) is 0 Å². The van der Waals surface area contributed by atoms with Crippen LogP contribution in [0, 0.1) is 0 Å². The second-order valence-electron chi connectivity index (χ2n) is 10.2. The lowest BCUT2D eigenvalue weighted by Gasteiger charge is -2.26. The molecule has 1 atom stereocenters. The average molecular weight is 396 g/mol. The summed E-state index contributed by atoms with van der Waals surface area (Å²) >= 11 is 0. The molecule has 0 aliphatic rings. The van der Waals surface area contributed by atoms with Crippen LogP contribution in [0.2, 0.25) is 0 Å². The zero-order valence-corrected chi connectivity index (χ0v) is 19.4. The third-order valence-electron chi connectivity index (χ3n) is 5.07. The van der Waals surface area contributed by atoms with Crippen LogP contribution < -0.4 is 0 Å². The molecule has 0 aliphatic heterocycles. The van der Waals surface area contributed by atoms with Crippen molar-refractivity contribution in [1.82, 2.24) is 4.90 Å². The fraction of sp³-hybridized carbons (Fsp3) is 0.500. The number of hydrogen-bond donors (Lipinski definition) is 0. The average Bonchev–Trinajstić information content (AvgIpc) is 2.60. The lowest BCUT2D eigenvalue weighted by atomic mass is 9.79. The predicted octanol–water partition coefficient (Wildman–Crippen LogP) is 5.96. The minimum atomic E-state index is -0.248. The first-order valence-corrected chi connectivity index (χ1v) is 10.5. The van der Waals surface area contributed by atoms with Crippen molar-refractivity contribution >= 4 is 5.97 Å². The summed E-state index contributed by atoms with van der Waals surface area (Å²) in [7, 11) is 2.05. The third kappa shape index (κ3) is 7.01. The summed E-state index contributed by atoms with van der Waals surface area (Å²) in [6.45, 7) is 16.5. The van der Waals surface area contributed by atoms with Crippen molar-refractivity contribution in [2.75, 3.05) is 13.6 Å². The summed E-state index contributed by atoms with van der Waals surface area (Å²) in [4.78, 5) is 15.1. The Balaban J connectivity index is 2.10. The summed E-state index contributed by atoms with van der Waals surface area (Å²) in [5, 5.41) is 0. The van der Waals surface area contributed by atoms with Gasteiger partial charge in [-0.25, -0.2) is 4.79 Å². The zero-order chi connectivity index (χ0) is 21.8. The second kappa shape index (κ2) is 9.13. The van der Waals surface area contributed by atoms with Gasteiger partial charge in [0.25, 0.3) is 0 Å². The largest absolute Gasteiger partial charge is 0.458 e. The first kappa shape index (κ1) is 23.2. The molecule has 0 aliphatic carbocycles. The number of nitrogens with zero attached hydrogens (tertiary/aromatic N) is 1. The van der Waals surface area contributed by atoms with Crippen LogP contribution in [-0.2, 0) is 22.1 Å². The van der Waals surface area contributed by atoms with Crippen LogP contribution in [0.1, 0.15) is 75.5 Å². The lowest BCUT2D eigenvalue weighted by molar-refractivity contribution is 0.0267. The molecule has 2 aromatic rings. The van der Waals surface area contributed by atoms with E-state index in [2.05, 4.69) is 71.7 Å². The Kier molecular flexibility index (Phi) is 7.29. The smallest absolute Gasteiger partial charge is 0.338 e. The van der Waals surface area contributed by atoms with E-state index in [4.69, 9.17) is 4.74 Å². The quantitative estimate of drug-likeness (QED) is 0.565. The molecular weight excluding hydrogens is 358 g/mol. The van der Waals surface area contributed by atoms with E-state index in [-0.39, 0.29) is 22.9 Å². The normalized spacial score (nSPS) is 13.4. The van der Waals surface area contributed by atoms with Gasteiger partial charge in [-0.15, -0.1) is 0 Å². The van der Waals surface area contributed by atoms with E-state index >= 15 is 0 Å². The molecule has 0 unspecified atom stereocenters. The Hall–Kier alpha value is -2.13. The maximum absolute atomic E-state index is 12.9. The van der Waals surface area contributed by atoms with Gasteiger partial charge in [0.2, 0.25) is 0 Å². The molecule has 0 radical (unpaired) electrons. The highest BCUT2D eigenvalue weighted by molar-refractivity contribution is 5.90. The number of carbonyl (C=O) groups is 1. The molecule has 0 N–H and O–H groups in total. The first-order chi connectivity index (χ1) is 13.4. The van der Waals surface area contributed by atoms with Crippen molar-refractivity contribution in [3.63, 3.8) is 0 Å². The molecule has 0 aromatic heterocycles. The van der Waals surface area contributed by atoms with Gasteiger partial charge in [-0.1, -0.05) is 77.9 Å². The van der Waals surface area contributed by atoms with Crippen molar-refractivity contribution in [3.8, 4) is 0 Å². The molecule has 158 valence electrons. The molecule has 0 saturated heterocycles. The molecule has 0 saturated carbocycles. The molecule has 0 bridgehead atoms. The minimum Gasteiger partial charge on any atom is -0.458 e. The van der Waals surface area contributed by atoms with Gasteiger partial charge in [0.05, 0.1) is 5.56 Å². The third-order valence-corrected chi connectivity index (χ3v) is 5.07. The van der Waals surface area contributed by atoms with Crippen LogP contribution >= 0.6 is 0 Å². The van der Waals surface area contributed by atoms with Crippen LogP contribution in [0.3, 0.4) is 0 Å². The van der Waals surface area contributed by atoms with Crippen LogP contribution in [-0.4, -0.2) is 30.6 Å². The molecule has 29 heavy (non-hydrogen) atoms. The van der Waals surface area contributed by atoms with Gasteiger partial charge in [-0.2, -0.15) is 0 Å². The van der Waals surface area contributed by atoms with E-state index in [0.29, 0.717) is 12.1 Å².